The molecule has 180 valence electrons. The van der Waals surface area contributed by atoms with Gasteiger partial charge < -0.3 is 5.73 Å². The van der Waals surface area contributed by atoms with Crippen LogP contribution in [0.15, 0.2) is 47.5 Å². The number of sulfonamides is 1. The van der Waals surface area contributed by atoms with Crippen LogP contribution in [0.5, 0.6) is 0 Å². The van der Waals surface area contributed by atoms with Gasteiger partial charge in [0.2, 0.25) is 11.7 Å². The van der Waals surface area contributed by atoms with Crippen LogP contribution in [0.1, 0.15) is 57.9 Å². The highest BCUT2D eigenvalue weighted by Crippen LogP contribution is 2.36. The number of fused-ring (bicyclic) bond motifs is 2. The molecular weight excluding hydrogens is 482 g/mol. The van der Waals surface area contributed by atoms with Crippen LogP contribution < -0.4 is 10.5 Å². The molecule has 3 N–H and O–H groups in total. The number of thiophene rings is 1. The fourth-order valence-electron chi connectivity index (χ4n) is 4.28. The monoisotopic (exact) mass is 507 g/mol. The number of carbonyl (C=O) groups excluding carboxylic acids is 1. The molecule has 1 aromatic carbocycles. The Morgan fingerprint density at radius 3 is 2.51 bits per heavy atom. The van der Waals surface area contributed by atoms with Crippen molar-refractivity contribution in [3.8, 4) is 0 Å². The van der Waals surface area contributed by atoms with E-state index >= 15 is 0 Å². The van der Waals surface area contributed by atoms with Crippen LogP contribution >= 0.6 is 11.3 Å². The van der Waals surface area contributed by atoms with E-state index in [1.165, 1.54) is 60.2 Å². The third-order valence-corrected chi connectivity index (χ3v) is 8.61. The molecule has 35 heavy (non-hydrogen) atoms. The first-order valence-corrected chi connectivity index (χ1v) is 13.8. The largest absolute Gasteiger partial charge is 0.397 e. The zero-order chi connectivity index (χ0) is 24.6. The van der Waals surface area contributed by atoms with Crippen LogP contribution in [-0.2, 0) is 22.9 Å². The molecule has 0 unspecified atom stereocenters. The molecule has 0 saturated carbocycles. The van der Waals surface area contributed by atoms with E-state index in [0.717, 1.165) is 41.6 Å². The highest BCUT2D eigenvalue weighted by molar-refractivity contribution is 7.92. The second-order valence-corrected chi connectivity index (χ2v) is 11.4. The molecule has 0 saturated heterocycles. The van der Waals surface area contributed by atoms with Crippen molar-refractivity contribution in [3.63, 3.8) is 0 Å². The summed E-state index contributed by atoms with van der Waals surface area (Å²) in [4.78, 5) is 27.3. The number of anilines is 2. The number of pyridine rings is 1. The Morgan fingerprint density at radius 1 is 1.03 bits per heavy atom. The van der Waals surface area contributed by atoms with Gasteiger partial charge in [0, 0.05) is 28.5 Å². The number of nitrogens with zero attached hydrogens (tertiary/aromatic N) is 3. The smallest absolute Gasteiger partial charge is 0.264 e. The molecule has 3 heterocycles. The molecule has 0 radical (unpaired) electrons. The first-order valence-electron chi connectivity index (χ1n) is 11.5. The van der Waals surface area contributed by atoms with Crippen molar-refractivity contribution in [1.29, 1.82) is 0 Å². The maximum atomic E-state index is 13.3. The number of aromatic nitrogens is 3. The van der Waals surface area contributed by atoms with Gasteiger partial charge in [0.1, 0.15) is 9.71 Å². The van der Waals surface area contributed by atoms with Crippen LogP contribution in [0.2, 0.25) is 0 Å². The van der Waals surface area contributed by atoms with Crippen LogP contribution in [0.4, 0.5) is 11.6 Å². The summed E-state index contributed by atoms with van der Waals surface area (Å²) < 4.78 is 27.8. The SMILES string of the molecule is Cc1ccnc(NS(=O)(=O)c2ccc(C(=O)c3sc4nc5c(cc4c3N)CCCCCC5)cc2)n1. The quantitative estimate of drug-likeness (QED) is 0.376. The number of nitrogens with one attached hydrogen (secondary N) is 1. The van der Waals surface area contributed by atoms with Crippen molar-refractivity contribution >= 4 is 49.0 Å². The summed E-state index contributed by atoms with van der Waals surface area (Å²) in [6, 6.07) is 9.53. The van der Waals surface area contributed by atoms with E-state index in [-0.39, 0.29) is 16.6 Å². The Hall–Kier alpha value is -3.37. The van der Waals surface area contributed by atoms with Crippen molar-refractivity contribution in [2.45, 2.75) is 50.3 Å². The Bertz CT molecular complexity index is 1530. The molecule has 4 aromatic rings. The van der Waals surface area contributed by atoms with Gasteiger partial charge in [-0.3, -0.25) is 4.79 Å². The Kier molecular flexibility index (Phi) is 6.24. The molecule has 1 aliphatic rings. The lowest BCUT2D eigenvalue weighted by atomic mass is 9.96. The van der Waals surface area contributed by atoms with Crippen molar-refractivity contribution in [2.75, 3.05) is 10.5 Å². The molecule has 0 fully saturated rings. The van der Waals surface area contributed by atoms with Crippen LogP contribution in [0.25, 0.3) is 10.2 Å². The van der Waals surface area contributed by atoms with E-state index in [1.54, 1.807) is 13.0 Å². The number of ketones is 1. The average Bonchev–Trinajstić information content (AvgIpc) is 3.13. The summed E-state index contributed by atoms with van der Waals surface area (Å²) in [5, 5.41) is 0.819. The van der Waals surface area contributed by atoms with Gasteiger partial charge in [-0.25, -0.2) is 28.1 Å². The second-order valence-electron chi connectivity index (χ2n) is 8.69. The highest BCUT2D eigenvalue weighted by Gasteiger charge is 2.22. The van der Waals surface area contributed by atoms with Crippen LogP contribution in [0.3, 0.4) is 0 Å². The average molecular weight is 508 g/mol. The van der Waals surface area contributed by atoms with E-state index in [0.29, 0.717) is 21.8 Å². The molecule has 0 aliphatic heterocycles. The minimum atomic E-state index is -3.90. The number of benzene rings is 1. The molecule has 3 aromatic heterocycles. The van der Waals surface area contributed by atoms with E-state index in [9.17, 15) is 13.2 Å². The zero-order valence-corrected chi connectivity index (χ0v) is 20.9. The standard InChI is InChI=1S/C25H25N5O3S2/c1-15-12-13-27-25(28-15)30-35(32,33)18-10-8-16(9-11-18)22(31)23-21(26)19-14-17-6-4-2-3-5-7-20(17)29-24(19)34-23/h8-14H,2-7,26H2,1H3,(H,27,28,30). The molecule has 1 aliphatic carbocycles. The zero-order valence-electron chi connectivity index (χ0n) is 19.2. The number of nitrogen functional groups attached to an aromatic ring is 1. The summed E-state index contributed by atoms with van der Waals surface area (Å²) in [7, 11) is -3.90. The fraction of sp³-hybridized carbons (Fsp3) is 0.280. The Balaban J connectivity index is 1.42. The van der Waals surface area contributed by atoms with E-state index < -0.39 is 10.0 Å². The van der Waals surface area contributed by atoms with Gasteiger partial charge in [-0.05, 0) is 74.6 Å². The third-order valence-electron chi connectivity index (χ3n) is 6.15. The summed E-state index contributed by atoms with van der Waals surface area (Å²) in [5.41, 5.74) is 10.2. The fourth-order valence-corrected chi connectivity index (χ4v) is 6.28. The normalized spacial score (nSPS) is 14.2. The number of rotatable bonds is 5. The summed E-state index contributed by atoms with van der Waals surface area (Å²) in [6.45, 7) is 1.74. The van der Waals surface area contributed by atoms with Crippen molar-refractivity contribution in [1.82, 2.24) is 15.0 Å². The van der Waals surface area contributed by atoms with Gasteiger partial charge in [-0.1, -0.05) is 12.8 Å². The molecule has 0 amide bonds. The lowest BCUT2D eigenvalue weighted by molar-refractivity contribution is 0.104. The van der Waals surface area contributed by atoms with E-state index in [4.69, 9.17) is 10.7 Å². The predicted molar refractivity (Wildman–Crippen MR) is 137 cm³/mol. The highest BCUT2D eigenvalue weighted by atomic mass is 32.2. The molecule has 0 atom stereocenters. The molecular formula is C25H25N5O3S2. The molecule has 10 heteroatoms. The molecule has 0 bridgehead atoms. The summed E-state index contributed by atoms with van der Waals surface area (Å²) in [5.74, 6) is -0.262. The topological polar surface area (TPSA) is 128 Å². The molecule has 0 spiro atoms. The maximum Gasteiger partial charge on any atom is 0.264 e. The van der Waals surface area contributed by atoms with Gasteiger partial charge in [0.05, 0.1) is 10.6 Å². The maximum absolute atomic E-state index is 13.3. The number of hydrogen-bond donors (Lipinski definition) is 2. The molecule has 8 nitrogen and oxygen atoms in total. The summed E-state index contributed by atoms with van der Waals surface area (Å²) >= 11 is 1.29. The number of carbonyl (C=O) groups is 1. The van der Waals surface area contributed by atoms with Crippen LogP contribution in [-0.4, -0.2) is 29.2 Å². The van der Waals surface area contributed by atoms with Gasteiger partial charge in [0.25, 0.3) is 10.0 Å². The number of nitrogens with two attached hydrogens (primary N) is 1. The van der Waals surface area contributed by atoms with E-state index in [1.807, 2.05) is 0 Å². The van der Waals surface area contributed by atoms with Gasteiger partial charge in [-0.2, -0.15) is 0 Å². The second kappa shape index (κ2) is 9.35. The number of aryl methyl sites for hydroxylation is 3. The van der Waals surface area contributed by atoms with Gasteiger partial charge >= 0.3 is 0 Å². The summed E-state index contributed by atoms with van der Waals surface area (Å²) in [6.07, 6.45) is 8.10. The van der Waals surface area contributed by atoms with Crippen molar-refractivity contribution in [3.05, 3.63) is 70.0 Å². The number of hydrogen-bond acceptors (Lipinski definition) is 8. The first-order chi connectivity index (χ1) is 16.8. The van der Waals surface area contributed by atoms with Crippen LogP contribution in [0, 0.1) is 6.92 Å². The van der Waals surface area contributed by atoms with E-state index in [2.05, 4.69) is 20.8 Å². The Morgan fingerprint density at radius 2 is 1.77 bits per heavy atom. The molecule has 5 rings (SSSR count). The predicted octanol–water partition coefficient (Wildman–Crippen LogP) is 4.67. The lowest BCUT2D eigenvalue weighted by Gasteiger charge is -2.12. The van der Waals surface area contributed by atoms with Crippen molar-refractivity contribution in [2.24, 2.45) is 0 Å². The van der Waals surface area contributed by atoms with Crippen molar-refractivity contribution < 1.29 is 13.2 Å². The lowest BCUT2D eigenvalue weighted by Crippen LogP contribution is -2.15. The van der Waals surface area contributed by atoms with Gasteiger partial charge in [-0.15, -0.1) is 11.3 Å². The third kappa shape index (κ3) is 4.76. The first kappa shape index (κ1) is 23.4. The minimum absolute atomic E-state index is 0.00457. The minimum Gasteiger partial charge on any atom is -0.397 e. The van der Waals surface area contributed by atoms with Gasteiger partial charge in [0.15, 0.2) is 0 Å². The Labute approximate surface area is 207 Å².